The fourth-order valence-electron chi connectivity index (χ4n) is 2.08. The molecular weight excluding hydrogens is 300 g/mol. The van der Waals surface area contributed by atoms with E-state index < -0.39 is 13.0 Å². The lowest BCUT2D eigenvalue weighted by Gasteiger charge is -2.11. The Morgan fingerprint density at radius 2 is 2.24 bits per heavy atom. The van der Waals surface area contributed by atoms with E-state index in [0.29, 0.717) is 23.4 Å². The van der Waals surface area contributed by atoms with Gasteiger partial charge in [-0.2, -0.15) is 5.26 Å². The third kappa shape index (κ3) is 3.69. The van der Waals surface area contributed by atoms with Crippen molar-refractivity contribution in [3.63, 3.8) is 0 Å². The minimum absolute atomic E-state index is 0.128. The highest BCUT2D eigenvalue weighted by Gasteiger charge is 2.15. The van der Waals surface area contributed by atoms with Crippen LogP contribution in [0.15, 0.2) is 18.2 Å². The molecule has 0 amide bonds. The molecular formula is C14H14ClF2N3O. The molecule has 1 aromatic heterocycles. The molecule has 1 aromatic carbocycles. The Labute approximate surface area is 125 Å². The first-order chi connectivity index (χ1) is 10.0. The van der Waals surface area contributed by atoms with Crippen molar-refractivity contribution >= 4 is 22.6 Å². The fraction of sp³-hybridized carbons (Fsp3) is 0.429. The maximum absolute atomic E-state index is 12.1. The van der Waals surface area contributed by atoms with Crippen LogP contribution in [0.3, 0.4) is 0 Å². The summed E-state index contributed by atoms with van der Waals surface area (Å²) in [4.78, 5) is 4.42. The summed E-state index contributed by atoms with van der Waals surface area (Å²) in [5.41, 5.74) is 1.97. The molecule has 4 nitrogen and oxygen atoms in total. The molecule has 0 radical (unpaired) electrons. The Morgan fingerprint density at radius 3 is 2.86 bits per heavy atom. The molecule has 2 aromatic rings. The van der Waals surface area contributed by atoms with Gasteiger partial charge in [0.2, 0.25) is 0 Å². The van der Waals surface area contributed by atoms with Crippen LogP contribution in [0.4, 0.5) is 8.78 Å². The molecule has 1 atom stereocenters. The van der Waals surface area contributed by atoms with Gasteiger partial charge in [0.15, 0.2) is 0 Å². The minimum Gasteiger partial charge on any atom is -0.374 e. The number of imidazole rings is 1. The molecule has 2 rings (SSSR count). The largest absolute Gasteiger partial charge is 0.374 e. The first-order valence-electron chi connectivity index (χ1n) is 6.43. The molecule has 7 heteroatoms. The average molecular weight is 314 g/mol. The molecule has 0 spiro atoms. The van der Waals surface area contributed by atoms with Crippen LogP contribution in [-0.4, -0.2) is 29.2 Å². The summed E-state index contributed by atoms with van der Waals surface area (Å²) in [6.45, 7) is 1.67. The topological polar surface area (TPSA) is 50.8 Å². The first-order valence-corrected chi connectivity index (χ1v) is 6.87. The van der Waals surface area contributed by atoms with Gasteiger partial charge < -0.3 is 9.30 Å². The van der Waals surface area contributed by atoms with Gasteiger partial charge in [-0.15, -0.1) is 11.6 Å². The van der Waals surface area contributed by atoms with Crippen molar-refractivity contribution in [1.82, 2.24) is 9.55 Å². The van der Waals surface area contributed by atoms with Crippen LogP contribution in [0.1, 0.15) is 23.7 Å². The van der Waals surface area contributed by atoms with E-state index in [9.17, 15) is 8.78 Å². The molecule has 0 fully saturated rings. The molecule has 0 bridgehead atoms. The van der Waals surface area contributed by atoms with E-state index >= 15 is 0 Å². The molecule has 112 valence electrons. The van der Waals surface area contributed by atoms with E-state index in [1.54, 1.807) is 29.7 Å². The highest BCUT2D eigenvalue weighted by atomic mass is 35.5. The number of hydrogen-bond acceptors (Lipinski definition) is 3. The molecule has 0 N–H and O–H groups in total. The highest BCUT2D eigenvalue weighted by molar-refractivity contribution is 6.20. The molecule has 0 aliphatic carbocycles. The van der Waals surface area contributed by atoms with Crippen molar-refractivity contribution < 1.29 is 13.5 Å². The van der Waals surface area contributed by atoms with Crippen molar-refractivity contribution in [2.24, 2.45) is 0 Å². The van der Waals surface area contributed by atoms with Gasteiger partial charge in [-0.1, -0.05) is 0 Å². The first kappa shape index (κ1) is 15.7. The van der Waals surface area contributed by atoms with Crippen LogP contribution in [0.25, 0.3) is 11.0 Å². The van der Waals surface area contributed by atoms with E-state index in [0.717, 1.165) is 5.52 Å². The van der Waals surface area contributed by atoms with Crippen molar-refractivity contribution in [3.8, 4) is 6.07 Å². The number of nitrogens with zero attached hydrogens (tertiary/aromatic N) is 3. The van der Waals surface area contributed by atoms with E-state index in [4.69, 9.17) is 21.6 Å². The summed E-state index contributed by atoms with van der Waals surface area (Å²) in [5.74, 6) is 0.627. The van der Waals surface area contributed by atoms with Gasteiger partial charge >= 0.3 is 0 Å². The SMILES string of the molecule is CC(Cl)c1nc2ccc(C#N)cc2n1CCOCC(F)F. The number of halogens is 3. The number of hydrogen-bond donors (Lipinski definition) is 0. The summed E-state index contributed by atoms with van der Waals surface area (Å²) in [6, 6.07) is 7.19. The lowest BCUT2D eigenvalue weighted by molar-refractivity contribution is 0.0148. The van der Waals surface area contributed by atoms with Crippen LogP contribution in [0, 0.1) is 11.3 Å². The van der Waals surface area contributed by atoms with Gasteiger partial charge in [0.1, 0.15) is 12.4 Å². The molecule has 0 aliphatic heterocycles. The summed E-state index contributed by atoms with van der Waals surface area (Å²) in [5, 5.41) is 8.63. The number of ether oxygens (including phenoxy) is 1. The van der Waals surface area contributed by atoms with Gasteiger partial charge in [-0.05, 0) is 25.1 Å². The molecule has 0 saturated heterocycles. The Balaban J connectivity index is 2.29. The normalized spacial score (nSPS) is 12.8. The quantitative estimate of drug-likeness (QED) is 0.606. The van der Waals surface area contributed by atoms with Gasteiger partial charge in [0.25, 0.3) is 6.43 Å². The van der Waals surface area contributed by atoms with Gasteiger partial charge in [0.05, 0.1) is 34.7 Å². The van der Waals surface area contributed by atoms with Crippen molar-refractivity contribution in [3.05, 3.63) is 29.6 Å². The predicted octanol–water partition coefficient (Wildman–Crippen LogP) is 3.49. The lowest BCUT2D eigenvalue weighted by Crippen LogP contribution is -2.13. The number of rotatable bonds is 6. The van der Waals surface area contributed by atoms with Crippen LogP contribution in [-0.2, 0) is 11.3 Å². The molecule has 1 heterocycles. The summed E-state index contributed by atoms with van der Waals surface area (Å²) < 4.78 is 30.8. The van der Waals surface area contributed by atoms with Crippen LogP contribution < -0.4 is 0 Å². The standard InChI is InChI=1S/C14H14ClF2N3O/c1-9(15)14-19-11-3-2-10(7-18)6-12(11)20(14)4-5-21-8-13(16)17/h2-3,6,9,13H,4-5,8H2,1H3. The number of benzene rings is 1. The second-order valence-electron chi connectivity index (χ2n) is 4.52. The van der Waals surface area contributed by atoms with Crippen LogP contribution in [0.2, 0.25) is 0 Å². The smallest absolute Gasteiger partial charge is 0.261 e. The maximum Gasteiger partial charge on any atom is 0.261 e. The van der Waals surface area contributed by atoms with E-state index in [1.165, 1.54) is 0 Å². The van der Waals surface area contributed by atoms with Crippen LogP contribution >= 0.6 is 11.6 Å². The highest BCUT2D eigenvalue weighted by Crippen LogP contribution is 2.25. The zero-order valence-electron chi connectivity index (χ0n) is 11.4. The Hall–Kier alpha value is -1.71. The molecule has 1 unspecified atom stereocenters. The lowest BCUT2D eigenvalue weighted by atomic mass is 10.2. The van der Waals surface area contributed by atoms with E-state index in [1.807, 2.05) is 0 Å². The van der Waals surface area contributed by atoms with Gasteiger partial charge in [-0.25, -0.2) is 13.8 Å². The average Bonchev–Trinajstić information content (AvgIpc) is 2.81. The summed E-state index contributed by atoms with van der Waals surface area (Å²) in [7, 11) is 0. The van der Waals surface area contributed by atoms with Crippen molar-refractivity contribution in [1.29, 1.82) is 5.26 Å². The van der Waals surface area contributed by atoms with Crippen molar-refractivity contribution in [2.45, 2.75) is 25.3 Å². The second kappa shape index (κ2) is 6.83. The monoisotopic (exact) mass is 313 g/mol. The van der Waals surface area contributed by atoms with Gasteiger partial charge in [0, 0.05) is 6.54 Å². The predicted molar refractivity (Wildman–Crippen MR) is 75.5 cm³/mol. The third-order valence-corrected chi connectivity index (χ3v) is 3.16. The molecule has 21 heavy (non-hydrogen) atoms. The maximum atomic E-state index is 12.1. The zero-order valence-corrected chi connectivity index (χ0v) is 12.1. The molecule has 0 saturated carbocycles. The van der Waals surface area contributed by atoms with E-state index in [2.05, 4.69) is 11.1 Å². The summed E-state index contributed by atoms with van der Waals surface area (Å²) >= 11 is 6.11. The number of alkyl halides is 3. The number of fused-ring (bicyclic) bond motifs is 1. The Kier molecular flexibility index (Phi) is 5.10. The second-order valence-corrected chi connectivity index (χ2v) is 5.17. The minimum atomic E-state index is -2.49. The van der Waals surface area contributed by atoms with Crippen molar-refractivity contribution in [2.75, 3.05) is 13.2 Å². The summed E-state index contributed by atoms with van der Waals surface area (Å²) in [6.07, 6.45) is -2.49. The fourth-order valence-corrected chi connectivity index (χ4v) is 2.24. The molecule has 0 aliphatic rings. The number of aromatic nitrogens is 2. The third-order valence-electron chi connectivity index (χ3n) is 2.97. The Morgan fingerprint density at radius 1 is 1.48 bits per heavy atom. The Bertz CT molecular complexity index is 664. The van der Waals surface area contributed by atoms with Gasteiger partial charge in [-0.3, -0.25) is 0 Å². The zero-order chi connectivity index (χ0) is 15.4. The van der Waals surface area contributed by atoms with Crippen LogP contribution in [0.5, 0.6) is 0 Å². The van der Waals surface area contributed by atoms with E-state index in [-0.39, 0.29) is 12.0 Å². The number of nitriles is 1.